The van der Waals surface area contributed by atoms with Crippen LogP contribution in [0.4, 0.5) is 4.79 Å². The van der Waals surface area contributed by atoms with Gasteiger partial charge in [0.25, 0.3) is 0 Å². The first kappa shape index (κ1) is 17.8. The van der Waals surface area contributed by atoms with Gasteiger partial charge >= 0.3 is 6.03 Å². The third kappa shape index (κ3) is 4.05. The molecule has 2 atom stereocenters. The van der Waals surface area contributed by atoms with E-state index in [1.54, 1.807) is 0 Å². The van der Waals surface area contributed by atoms with Gasteiger partial charge in [0.1, 0.15) is 0 Å². The average molecular weight is 322 g/mol. The van der Waals surface area contributed by atoms with Crippen LogP contribution in [0.15, 0.2) is 0 Å². The van der Waals surface area contributed by atoms with Crippen molar-refractivity contribution in [3.63, 3.8) is 0 Å². The summed E-state index contributed by atoms with van der Waals surface area (Å²) in [5.74, 6) is 0. The Morgan fingerprint density at radius 1 is 1.48 bits per heavy atom. The summed E-state index contributed by atoms with van der Waals surface area (Å²) in [5.41, 5.74) is 3.19. The van der Waals surface area contributed by atoms with Crippen molar-refractivity contribution in [3.8, 4) is 0 Å². The van der Waals surface area contributed by atoms with Gasteiger partial charge in [0.15, 0.2) is 0 Å². The van der Waals surface area contributed by atoms with Crippen LogP contribution in [0.5, 0.6) is 0 Å². The van der Waals surface area contributed by atoms with E-state index in [0.717, 1.165) is 24.2 Å². The van der Waals surface area contributed by atoms with Gasteiger partial charge in [0, 0.05) is 25.3 Å². The van der Waals surface area contributed by atoms with Crippen molar-refractivity contribution in [2.24, 2.45) is 7.05 Å². The number of carbonyl (C=O) groups is 1. The van der Waals surface area contributed by atoms with Crippen molar-refractivity contribution in [3.05, 3.63) is 17.0 Å². The molecule has 1 aliphatic rings. The molecule has 0 radical (unpaired) electrons. The third-order valence-electron chi connectivity index (χ3n) is 4.91. The molecule has 6 heteroatoms. The fourth-order valence-electron chi connectivity index (χ4n) is 3.09. The van der Waals surface area contributed by atoms with E-state index < -0.39 is 0 Å². The maximum atomic E-state index is 12.5. The van der Waals surface area contributed by atoms with Crippen LogP contribution in [0, 0.1) is 13.8 Å². The van der Waals surface area contributed by atoms with Crippen LogP contribution < -0.4 is 5.32 Å². The van der Waals surface area contributed by atoms with Crippen LogP contribution in [-0.2, 0) is 18.2 Å². The Morgan fingerprint density at radius 3 is 2.74 bits per heavy atom. The number of hydrogen-bond acceptors (Lipinski definition) is 3. The number of nitrogens with zero attached hydrogens (tertiary/aromatic N) is 3. The van der Waals surface area contributed by atoms with Gasteiger partial charge in [-0.2, -0.15) is 5.10 Å². The Morgan fingerprint density at radius 2 is 2.17 bits per heavy atom. The number of ether oxygens (including phenoxy) is 1. The number of amides is 2. The molecule has 1 aliphatic heterocycles. The Bertz CT molecular complexity index is 569. The van der Waals surface area contributed by atoms with Gasteiger partial charge in [-0.1, -0.05) is 6.92 Å². The number of rotatable bonds is 4. The minimum atomic E-state index is -0.227. The zero-order valence-corrected chi connectivity index (χ0v) is 15.3. The Balaban J connectivity index is 1.94. The van der Waals surface area contributed by atoms with E-state index in [1.165, 1.54) is 5.56 Å². The highest BCUT2D eigenvalue weighted by Gasteiger charge is 2.33. The number of aryl methyl sites for hydroxylation is 2. The van der Waals surface area contributed by atoms with Crippen LogP contribution >= 0.6 is 0 Å². The molecule has 1 aromatic rings. The van der Waals surface area contributed by atoms with Gasteiger partial charge in [0.05, 0.1) is 24.4 Å². The number of morpholine rings is 1. The van der Waals surface area contributed by atoms with Crippen molar-refractivity contribution >= 4 is 6.03 Å². The Kier molecular flexibility index (Phi) is 5.34. The second kappa shape index (κ2) is 6.91. The van der Waals surface area contributed by atoms with Crippen LogP contribution in [-0.4, -0.2) is 52.1 Å². The lowest BCUT2D eigenvalue weighted by Crippen LogP contribution is -2.55. The number of urea groups is 1. The molecule has 0 aromatic carbocycles. The van der Waals surface area contributed by atoms with Crippen molar-refractivity contribution in [1.29, 1.82) is 0 Å². The minimum absolute atomic E-state index is 0.000304. The van der Waals surface area contributed by atoms with Crippen LogP contribution in [0.1, 0.15) is 44.1 Å². The maximum Gasteiger partial charge on any atom is 0.317 e. The topological polar surface area (TPSA) is 59.4 Å². The van der Waals surface area contributed by atoms with E-state index in [-0.39, 0.29) is 17.7 Å². The zero-order valence-electron chi connectivity index (χ0n) is 15.3. The molecule has 1 saturated heterocycles. The summed E-state index contributed by atoms with van der Waals surface area (Å²) < 4.78 is 7.69. The standard InChI is InChI=1S/C17H30N4O2/c1-7-17(5)11-21(8-9-23-17)16(22)18-12(2)10-15-13(3)19-20(6)14(15)4/h12H,7-11H2,1-6H3,(H,18,22)/t12-,17+/m0/s1. The first-order valence-electron chi connectivity index (χ1n) is 8.44. The number of carbonyl (C=O) groups excluding carboxylic acids is 1. The molecule has 0 aliphatic carbocycles. The lowest BCUT2D eigenvalue weighted by Gasteiger charge is -2.40. The molecule has 0 saturated carbocycles. The molecule has 6 nitrogen and oxygen atoms in total. The Hall–Kier alpha value is -1.56. The molecule has 130 valence electrons. The number of aromatic nitrogens is 2. The fourth-order valence-corrected chi connectivity index (χ4v) is 3.09. The predicted octanol–water partition coefficient (Wildman–Crippen LogP) is 2.18. The SMILES string of the molecule is CC[C@]1(C)CN(C(=O)N[C@@H](C)Cc2c(C)nn(C)c2C)CCO1. The van der Waals surface area contributed by atoms with Crippen LogP contribution in [0.2, 0.25) is 0 Å². The first-order chi connectivity index (χ1) is 10.8. The average Bonchev–Trinajstić information content (AvgIpc) is 2.73. The fraction of sp³-hybridized carbons (Fsp3) is 0.765. The van der Waals surface area contributed by atoms with Gasteiger partial charge < -0.3 is 15.0 Å². The zero-order chi connectivity index (χ0) is 17.2. The van der Waals surface area contributed by atoms with E-state index in [0.29, 0.717) is 19.7 Å². The quantitative estimate of drug-likeness (QED) is 0.924. The molecule has 23 heavy (non-hydrogen) atoms. The van der Waals surface area contributed by atoms with Gasteiger partial charge in [-0.25, -0.2) is 4.79 Å². The van der Waals surface area contributed by atoms with Crippen molar-refractivity contribution in [2.75, 3.05) is 19.7 Å². The second-order valence-electron chi connectivity index (χ2n) is 6.90. The van der Waals surface area contributed by atoms with E-state index >= 15 is 0 Å². The molecule has 0 bridgehead atoms. The monoisotopic (exact) mass is 322 g/mol. The highest BCUT2D eigenvalue weighted by molar-refractivity contribution is 5.74. The molecule has 1 aromatic heterocycles. The normalized spacial score (nSPS) is 23.0. The predicted molar refractivity (Wildman–Crippen MR) is 90.6 cm³/mol. The largest absolute Gasteiger partial charge is 0.372 e. The second-order valence-corrected chi connectivity index (χ2v) is 6.90. The maximum absolute atomic E-state index is 12.5. The number of nitrogens with one attached hydrogen (secondary N) is 1. The number of hydrogen-bond donors (Lipinski definition) is 1. The molecule has 2 heterocycles. The van der Waals surface area contributed by atoms with E-state index in [2.05, 4.69) is 31.2 Å². The molecule has 1 N–H and O–H groups in total. The smallest absolute Gasteiger partial charge is 0.317 e. The van der Waals surface area contributed by atoms with Crippen LogP contribution in [0.25, 0.3) is 0 Å². The van der Waals surface area contributed by atoms with Crippen molar-refractivity contribution < 1.29 is 9.53 Å². The van der Waals surface area contributed by atoms with E-state index in [1.807, 2.05) is 30.5 Å². The van der Waals surface area contributed by atoms with Crippen molar-refractivity contribution in [1.82, 2.24) is 20.0 Å². The summed E-state index contributed by atoms with van der Waals surface area (Å²) in [7, 11) is 1.95. The summed E-state index contributed by atoms with van der Waals surface area (Å²) in [4.78, 5) is 14.4. The minimum Gasteiger partial charge on any atom is -0.372 e. The van der Waals surface area contributed by atoms with Crippen molar-refractivity contribution in [2.45, 2.75) is 59.1 Å². The summed E-state index contributed by atoms with van der Waals surface area (Å²) in [6, 6.07) is 0.0690. The first-order valence-corrected chi connectivity index (χ1v) is 8.44. The Labute approximate surface area is 139 Å². The van der Waals surface area contributed by atoms with E-state index in [4.69, 9.17) is 4.74 Å². The van der Waals surface area contributed by atoms with Gasteiger partial charge in [-0.15, -0.1) is 0 Å². The third-order valence-corrected chi connectivity index (χ3v) is 4.91. The highest BCUT2D eigenvalue weighted by atomic mass is 16.5. The molecule has 0 spiro atoms. The van der Waals surface area contributed by atoms with Gasteiger partial charge in [0.2, 0.25) is 0 Å². The summed E-state index contributed by atoms with van der Waals surface area (Å²) in [6.45, 7) is 12.2. The lowest BCUT2D eigenvalue weighted by molar-refractivity contribution is -0.0874. The molecular weight excluding hydrogens is 292 g/mol. The van der Waals surface area contributed by atoms with E-state index in [9.17, 15) is 4.79 Å². The molecule has 2 amide bonds. The summed E-state index contributed by atoms with van der Waals surface area (Å²) in [5, 5.41) is 7.56. The summed E-state index contributed by atoms with van der Waals surface area (Å²) >= 11 is 0. The molecular formula is C17H30N4O2. The molecule has 1 fully saturated rings. The van der Waals surface area contributed by atoms with Gasteiger partial charge in [-0.3, -0.25) is 4.68 Å². The molecule has 2 rings (SSSR count). The summed E-state index contributed by atoms with van der Waals surface area (Å²) in [6.07, 6.45) is 1.70. The highest BCUT2D eigenvalue weighted by Crippen LogP contribution is 2.21. The van der Waals surface area contributed by atoms with Gasteiger partial charge in [-0.05, 0) is 46.1 Å². The molecule has 0 unspecified atom stereocenters. The lowest BCUT2D eigenvalue weighted by atomic mass is 10.0. The van der Waals surface area contributed by atoms with Crippen LogP contribution in [0.3, 0.4) is 0 Å².